The van der Waals surface area contributed by atoms with Crippen molar-refractivity contribution in [2.75, 3.05) is 26.2 Å². The molecule has 0 radical (unpaired) electrons. The first-order valence-electron chi connectivity index (χ1n) is 11.3. The fourth-order valence-corrected chi connectivity index (χ4v) is 6.85. The van der Waals surface area contributed by atoms with Crippen molar-refractivity contribution in [1.29, 1.82) is 0 Å². The first kappa shape index (κ1) is 22.3. The van der Waals surface area contributed by atoms with Crippen LogP contribution in [0.1, 0.15) is 57.7 Å². The number of fused-ring (bicyclic) bond motifs is 1. The van der Waals surface area contributed by atoms with Crippen LogP contribution in [0.2, 0.25) is 0 Å². The van der Waals surface area contributed by atoms with Gasteiger partial charge >= 0.3 is 6.09 Å². The number of rotatable bonds is 3. The van der Waals surface area contributed by atoms with Crippen LogP contribution in [0.3, 0.4) is 0 Å². The molecular formula is C23H33N3O4S. The van der Waals surface area contributed by atoms with Crippen molar-refractivity contribution < 1.29 is 17.9 Å². The van der Waals surface area contributed by atoms with Crippen LogP contribution in [-0.2, 0) is 21.2 Å². The van der Waals surface area contributed by atoms with E-state index in [1.165, 1.54) is 11.1 Å². The zero-order valence-electron chi connectivity index (χ0n) is 18.7. The Morgan fingerprint density at radius 1 is 1.16 bits per heavy atom. The highest BCUT2D eigenvalue weighted by atomic mass is 32.2. The van der Waals surface area contributed by atoms with E-state index in [9.17, 15) is 13.2 Å². The topological polar surface area (TPSA) is 79.8 Å². The fraction of sp³-hybridized carbons (Fsp3) is 0.652. The first-order valence-corrected chi connectivity index (χ1v) is 12.8. The number of allylic oxidation sites excluding steroid dienone is 2. The Morgan fingerprint density at radius 3 is 2.61 bits per heavy atom. The Labute approximate surface area is 185 Å². The largest absolute Gasteiger partial charge is 0.444 e. The lowest BCUT2D eigenvalue weighted by atomic mass is 9.87. The van der Waals surface area contributed by atoms with Gasteiger partial charge in [-0.05, 0) is 69.6 Å². The van der Waals surface area contributed by atoms with Crippen LogP contribution in [0.15, 0.2) is 24.4 Å². The summed E-state index contributed by atoms with van der Waals surface area (Å²) >= 11 is 0. The molecule has 2 saturated heterocycles. The van der Waals surface area contributed by atoms with Gasteiger partial charge in [0.15, 0.2) is 0 Å². The summed E-state index contributed by atoms with van der Waals surface area (Å²) < 4.78 is 33.8. The molecule has 0 spiro atoms. The first-order chi connectivity index (χ1) is 14.6. The molecule has 8 heteroatoms. The van der Waals surface area contributed by atoms with Crippen molar-refractivity contribution in [3.8, 4) is 0 Å². The van der Waals surface area contributed by atoms with E-state index in [4.69, 9.17) is 4.74 Å². The summed E-state index contributed by atoms with van der Waals surface area (Å²) in [6, 6.07) is 4.09. The molecule has 31 heavy (non-hydrogen) atoms. The van der Waals surface area contributed by atoms with Crippen molar-refractivity contribution in [3.05, 3.63) is 35.7 Å². The molecule has 2 fully saturated rings. The van der Waals surface area contributed by atoms with E-state index in [2.05, 4.69) is 17.1 Å². The number of carbonyl (C=O) groups excluding carboxylic acids is 1. The third-order valence-corrected chi connectivity index (χ3v) is 8.73. The minimum atomic E-state index is -3.45. The number of hydrogen-bond acceptors (Lipinski definition) is 5. The lowest BCUT2D eigenvalue weighted by molar-refractivity contribution is 0.0217. The van der Waals surface area contributed by atoms with Crippen molar-refractivity contribution in [3.63, 3.8) is 0 Å². The van der Waals surface area contributed by atoms with Gasteiger partial charge in [0.2, 0.25) is 10.0 Å². The van der Waals surface area contributed by atoms with E-state index in [0.717, 1.165) is 25.0 Å². The molecule has 1 unspecified atom stereocenters. The number of aromatic nitrogens is 1. The third-order valence-electron chi connectivity index (χ3n) is 6.42. The summed E-state index contributed by atoms with van der Waals surface area (Å²) in [5.74, 6) is 0.376. The second-order valence-corrected chi connectivity index (χ2v) is 12.0. The highest BCUT2D eigenvalue weighted by Gasteiger charge is 2.39. The average molecular weight is 448 g/mol. The lowest BCUT2D eigenvalue weighted by Gasteiger charge is -2.38. The van der Waals surface area contributed by atoms with Gasteiger partial charge in [0.25, 0.3) is 0 Å². The second-order valence-electron chi connectivity index (χ2n) is 9.77. The molecular weight excluding hydrogens is 414 g/mol. The molecule has 1 atom stereocenters. The lowest BCUT2D eigenvalue weighted by Crippen LogP contribution is -2.51. The quantitative estimate of drug-likeness (QED) is 0.709. The maximum absolute atomic E-state index is 13.3. The Bertz CT molecular complexity index is 959. The molecule has 3 aliphatic rings. The van der Waals surface area contributed by atoms with Gasteiger partial charge in [0.05, 0.1) is 10.9 Å². The number of sulfonamides is 1. The van der Waals surface area contributed by atoms with Crippen molar-refractivity contribution in [1.82, 2.24) is 14.2 Å². The number of nitrogens with zero attached hydrogens (tertiary/aromatic N) is 3. The molecule has 7 nitrogen and oxygen atoms in total. The van der Waals surface area contributed by atoms with E-state index in [-0.39, 0.29) is 6.54 Å². The molecule has 1 aromatic heterocycles. The summed E-state index contributed by atoms with van der Waals surface area (Å²) in [5, 5.41) is -0.555. The Hall–Kier alpha value is -1.93. The number of pyridine rings is 1. The number of ether oxygens (including phenoxy) is 1. The molecule has 0 saturated carbocycles. The monoisotopic (exact) mass is 447 g/mol. The van der Waals surface area contributed by atoms with Crippen molar-refractivity contribution >= 4 is 21.7 Å². The standard InChI is InChI=1S/C23H33N3O4S/c1-23(2,3)30-22(27)25-13-5-6-18(16-25)31(28,29)26-14-10-17(11-15-26)19-8-9-21-20(19)7-4-12-24-21/h4,7-8,12,17-18H,5-6,9-11,13-16H2,1-3H3. The van der Waals surface area contributed by atoms with E-state index >= 15 is 0 Å². The van der Waals surface area contributed by atoms with Gasteiger partial charge in [0.1, 0.15) is 5.60 Å². The van der Waals surface area contributed by atoms with Gasteiger partial charge in [-0.2, -0.15) is 0 Å². The van der Waals surface area contributed by atoms with Crippen LogP contribution in [-0.4, -0.2) is 65.7 Å². The average Bonchev–Trinajstić information content (AvgIpc) is 3.17. The molecule has 0 bridgehead atoms. The highest BCUT2D eigenvalue weighted by molar-refractivity contribution is 7.89. The molecule has 4 rings (SSSR count). The number of hydrogen-bond donors (Lipinski definition) is 0. The molecule has 1 amide bonds. The molecule has 2 aliphatic heterocycles. The number of piperidine rings is 2. The van der Waals surface area contributed by atoms with Crippen LogP contribution < -0.4 is 0 Å². The number of carbonyl (C=O) groups is 1. The Balaban J connectivity index is 1.37. The molecule has 1 aliphatic carbocycles. The smallest absolute Gasteiger partial charge is 0.410 e. The van der Waals surface area contributed by atoms with Crippen molar-refractivity contribution in [2.24, 2.45) is 5.92 Å². The van der Waals surface area contributed by atoms with Crippen LogP contribution >= 0.6 is 0 Å². The summed E-state index contributed by atoms with van der Waals surface area (Å²) in [4.78, 5) is 18.5. The number of likely N-dealkylation sites (tertiary alicyclic amines) is 1. The minimum absolute atomic E-state index is 0.210. The molecule has 170 valence electrons. The zero-order chi connectivity index (χ0) is 22.2. The Kier molecular flexibility index (Phi) is 6.14. The maximum atomic E-state index is 13.3. The third kappa shape index (κ3) is 4.80. The van der Waals surface area contributed by atoms with Crippen LogP contribution in [0.25, 0.3) is 5.57 Å². The van der Waals surface area contributed by atoms with Gasteiger partial charge in [-0.25, -0.2) is 17.5 Å². The molecule has 1 aromatic rings. The molecule has 3 heterocycles. The van der Waals surface area contributed by atoms with E-state index in [0.29, 0.717) is 38.4 Å². The SMILES string of the molecule is CC(C)(C)OC(=O)N1CCCC(S(=O)(=O)N2CCC(C3=CCc4ncccc43)CC2)C1. The second kappa shape index (κ2) is 8.54. The predicted octanol–water partition coefficient (Wildman–Crippen LogP) is 3.46. The van der Waals surface area contributed by atoms with Crippen molar-refractivity contribution in [2.45, 2.75) is 63.7 Å². The van der Waals surface area contributed by atoms with E-state index < -0.39 is 27.0 Å². The molecule has 0 aromatic carbocycles. The highest BCUT2D eigenvalue weighted by Crippen LogP contribution is 2.38. The van der Waals surface area contributed by atoms with E-state index in [1.54, 1.807) is 9.21 Å². The van der Waals surface area contributed by atoms with Gasteiger partial charge in [-0.1, -0.05) is 12.1 Å². The summed E-state index contributed by atoms with van der Waals surface area (Å²) in [6.07, 6.45) is 7.44. The zero-order valence-corrected chi connectivity index (χ0v) is 19.5. The van der Waals surface area contributed by atoms with Gasteiger partial charge < -0.3 is 9.64 Å². The van der Waals surface area contributed by atoms with Gasteiger partial charge in [-0.3, -0.25) is 4.98 Å². The minimum Gasteiger partial charge on any atom is -0.444 e. The van der Waals surface area contributed by atoms with E-state index in [1.807, 2.05) is 33.0 Å². The van der Waals surface area contributed by atoms with Crippen LogP contribution in [0, 0.1) is 5.92 Å². The van der Waals surface area contributed by atoms with Gasteiger partial charge in [-0.15, -0.1) is 0 Å². The molecule has 0 N–H and O–H groups in total. The normalized spacial score (nSPS) is 23.4. The summed E-state index contributed by atoms with van der Waals surface area (Å²) in [5.41, 5.74) is 3.09. The maximum Gasteiger partial charge on any atom is 0.410 e. The Morgan fingerprint density at radius 2 is 1.90 bits per heavy atom. The summed E-state index contributed by atoms with van der Waals surface area (Å²) in [7, 11) is -3.45. The van der Waals surface area contributed by atoms with Gasteiger partial charge in [0, 0.05) is 38.8 Å². The summed E-state index contributed by atoms with van der Waals surface area (Å²) in [6.45, 7) is 7.28. The predicted molar refractivity (Wildman–Crippen MR) is 120 cm³/mol. The van der Waals surface area contributed by atoms with Crippen LogP contribution in [0.5, 0.6) is 0 Å². The van der Waals surface area contributed by atoms with Crippen LogP contribution in [0.4, 0.5) is 4.79 Å². The number of amides is 1. The fourth-order valence-electron chi connectivity index (χ4n) is 4.87.